The maximum atomic E-state index is 12.9. The molecule has 118 valence electrons. The summed E-state index contributed by atoms with van der Waals surface area (Å²) in [6, 6.07) is 7.13. The van der Waals surface area contributed by atoms with Crippen LogP contribution < -0.4 is 11.0 Å². The van der Waals surface area contributed by atoms with E-state index in [-0.39, 0.29) is 18.1 Å². The van der Waals surface area contributed by atoms with Crippen LogP contribution in [0.4, 0.5) is 4.39 Å². The third kappa shape index (κ3) is 3.51. The van der Waals surface area contributed by atoms with Crippen LogP contribution in [0.15, 0.2) is 39.6 Å². The minimum atomic E-state index is -0.417. The molecule has 3 rings (SSSR count). The van der Waals surface area contributed by atoms with E-state index >= 15 is 0 Å². The van der Waals surface area contributed by atoms with Crippen LogP contribution in [0.25, 0.3) is 11.3 Å². The fourth-order valence-corrected chi connectivity index (χ4v) is 1.94. The third-order valence-electron chi connectivity index (χ3n) is 3.07. The molecule has 3 aromatic rings. The highest BCUT2D eigenvalue weighted by molar-refractivity contribution is 5.93. The van der Waals surface area contributed by atoms with Gasteiger partial charge in [-0.1, -0.05) is 5.16 Å². The number of amides is 1. The van der Waals surface area contributed by atoms with Gasteiger partial charge in [0.2, 0.25) is 0 Å². The third-order valence-corrected chi connectivity index (χ3v) is 3.07. The lowest BCUT2D eigenvalue weighted by atomic mass is 10.1. The molecule has 0 aliphatic heterocycles. The summed E-state index contributed by atoms with van der Waals surface area (Å²) in [6.45, 7) is 0.276. The number of rotatable bonds is 5. The average molecular weight is 317 g/mol. The Labute approximate surface area is 128 Å². The number of hydrogen-bond acceptors (Lipinski definition) is 5. The first-order valence-electron chi connectivity index (χ1n) is 6.76. The molecule has 0 spiro atoms. The van der Waals surface area contributed by atoms with E-state index in [4.69, 9.17) is 4.52 Å². The number of nitrogens with zero attached hydrogens (tertiary/aromatic N) is 2. The summed E-state index contributed by atoms with van der Waals surface area (Å²) in [5.74, 6) is 0.0388. The molecular formula is C14H12FN5O3. The SMILES string of the molecule is O=C(NCCc1n[nH]c(=O)[nH]1)c1cc(-c2ccc(F)cc2)on1. The fourth-order valence-electron chi connectivity index (χ4n) is 1.94. The Bertz CT molecular complexity index is 865. The Hall–Kier alpha value is -3.23. The number of nitrogens with one attached hydrogen (secondary N) is 3. The highest BCUT2D eigenvalue weighted by Crippen LogP contribution is 2.20. The molecule has 1 aromatic carbocycles. The Kier molecular flexibility index (Phi) is 4.00. The number of carbonyl (C=O) groups excluding carboxylic acids is 1. The fraction of sp³-hybridized carbons (Fsp3) is 0.143. The van der Waals surface area contributed by atoms with Crippen molar-refractivity contribution < 1.29 is 13.7 Å². The number of H-pyrrole nitrogens is 2. The van der Waals surface area contributed by atoms with Gasteiger partial charge in [-0.05, 0) is 24.3 Å². The summed E-state index contributed by atoms with van der Waals surface area (Å²) >= 11 is 0. The highest BCUT2D eigenvalue weighted by Gasteiger charge is 2.13. The van der Waals surface area contributed by atoms with Crippen molar-refractivity contribution >= 4 is 5.91 Å². The first-order chi connectivity index (χ1) is 11.1. The maximum absolute atomic E-state index is 12.9. The summed E-state index contributed by atoms with van der Waals surface area (Å²) in [5, 5.41) is 12.3. The van der Waals surface area contributed by atoms with Gasteiger partial charge in [0.15, 0.2) is 11.5 Å². The van der Waals surface area contributed by atoms with E-state index in [0.29, 0.717) is 23.6 Å². The molecule has 2 aromatic heterocycles. The van der Waals surface area contributed by atoms with E-state index < -0.39 is 11.6 Å². The van der Waals surface area contributed by atoms with Gasteiger partial charge in [0.05, 0.1) is 0 Å². The smallest absolute Gasteiger partial charge is 0.340 e. The number of hydrogen-bond donors (Lipinski definition) is 3. The summed E-state index contributed by atoms with van der Waals surface area (Å²) in [4.78, 5) is 25.3. The van der Waals surface area contributed by atoms with Crippen molar-refractivity contribution in [2.75, 3.05) is 6.54 Å². The van der Waals surface area contributed by atoms with Crippen molar-refractivity contribution in [1.29, 1.82) is 0 Å². The van der Waals surface area contributed by atoms with Gasteiger partial charge in [-0.2, -0.15) is 5.10 Å². The van der Waals surface area contributed by atoms with Crippen LogP contribution in [0, 0.1) is 5.82 Å². The molecule has 0 aliphatic rings. The van der Waals surface area contributed by atoms with Gasteiger partial charge >= 0.3 is 5.69 Å². The molecule has 0 saturated carbocycles. The maximum Gasteiger partial charge on any atom is 0.340 e. The first-order valence-corrected chi connectivity index (χ1v) is 6.76. The minimum Gasteiger partial charge on any atom is -0.355 e. The predicted molar refractivity (Wildman–Crippen MR) is 77.1 cm³/mol. The number of aromatic amines is 2. The first kappa shape index (κ1) is 14.7. The quantitative estimate of drug-likeness (QED) is 0.645. The number of aromatic nitrogens is 4. The second-order valence-electron chi connectivity index (χ2n) is 4.71. The zero-order valence-corrected chi connectivity index (χ0v) is 11.8. The zero-order valence-electron chi connectivity index (χ0n) is 11.8. The van der Waals surface area contributed by atoms with Crippen molar-refractivity contribution in [3.05, 3.63) is 58.2 Å². The predicted octanol–water partition coefficient (Wildman–Crippen LogP) is 0.865. The summed E-state index contributed by atoms with van der Waals surface area (Å²) < 4.78 is 18.0. The van der Waals surface area contributed by atoms with E-state index in [2.05, 4.69) is 25.7 Å². The lowest BCUT2D eigenvalue weighted by Crippen LogP contribution is -2.26. The van der Waals surface area contributed by atoms with Gasteiger partial charge in [-0.15, -0.1) is 0 Å². The van der Waals surface area contributed by atoms with Gasteiger partial charge < -0.3 is 9.84 Å². The van der Waals surface area contributed by atoms with Gasteiger partial charge in [0.25, 0.3) is 5.91 Å². The Morgan fingerprint density at radius 2 is 2.09 bits per heavy atom. The van der Waals surface area contributed by atoms with E-state index in [0.717, 1.165) is 0 Å². The number of carbonyl (C=O) groups is 1. The van der Waals surface area contributed by atoms with Crippen LogP contribution in [0.2, 0.25) is 0 Å². The van der Waals surface area contributed by atoms with Gasteiger partial charge in [0.1, 0.15) is 11.6 Å². The summed E-state index contributed by atoms with van der Waals surface area (Å²) in [6.07, 6.45) is 0.368. The molecule has 0 bridgehead atoms. The molecule has 9 heteroatoms. The summed E-state index contributed by atoms with van der Waals surface area (Å²) in [7, 11) is 0. The van der Waals surface area contributed by atoms with Crippen molar-refractivity contribution in [2.24, 2.45) is 0 Å². The van der Waals surface area contributed by atoms with Gasteiger partial charge in [-0.25, -0.2) is 14.3 Å². The van der Waals surface area contributed by atoms with Crippen LogP contribution in [0.5, 0.6) is 0 Å². The molecule has 3 N–H and O–H groups in total. The monoisotopic (exact) mass is 317 g/mol. The van der Waals surface area contributed by atoms with E-state index in [9.17, 15) is 14.0 Å². The molecule has 23 heavy (non-hydrogen) atoms. The molecule has 1 amide bonds. The Morgan fingerprint density at radius 3 is 2.78 bits per heavy atom. The second kappa shape index (κ2) is 6.26. The van der Waals surface area contributed by atoms with Crippen LogP contribution in [-0.4, -0.2) is 32.8 Å². The van der Waals surface area contributed by atoms with Crippen LogP contribution in [-0.2, 0) is 6.42 Å². The second-order valence-corrected chi connectivity index (χ2v) is 4.71. The zero-order chi connectivity index (χ0) is 16.2. The number of benzene rings is 1. The molecule has 0 atom stereocenters. The van der Waals surface area contributed by atoms with Gasteiger partial charge in [-0.3, -0.25) is 9.78 Å². The molecule has 8 nitrogen and oxygen atoms in total. The van der Waals surface area contributed by atoms with E-state index in [1.54, 1.807) is 0 Å². The molecule has 2 heterocycles. The van der Waals surface area contributed by atoms with E-state index in [1.807, 2.05) is 0 Å². The van der Waals surface area contributed by atoms with Crippen molar-refractivity contribution in [3.8, 4) is 11.3 Å². The summed E-state index contributed by atoms with van der Waals surface area (Å²) in [5.41, 5.74) is 0.332. The molecule has 0 radical (unpaired) electrons. The molecule has 0 fully saturated rings. The van der Waals surface area contributed by atoms with Crippen LogP contribution in [0.3, 0.4) is 0 Å². The molecule has 0 aliphatic carbocycles. The number of halogens is 1. The topological polar surface area (TPSA) is 117 Å². The lowest BCUT2D eigenvalue weighted by Gasteiger charge is -1.99. The molecule has 0 saturated heterocycles. The molecule has 0 unspecified atom stereocenters. The van der Waals surface area contributed by atoms with Crippen molar-refractivity contribution in [3.63, 3.8) is 0 Å². The highest BCUT2D eigenvalue weighted by atomic mass is 19.1. The standard InChI is InChI=1S/C14H12FN5O3/c15-9-3-1-8(2-4-9)11-7-10(20-23-11)13(21)16-6-5-12-17-14(22)19-18-12/h1-4,7H,5-6H2,(H,16,21)(H2,17,18,19,22). The van der Waals surface area contributed by atoms with E-state index in [1.165, 1.54) is 30.3 Å². The largest absolute Gasteiger partial charge is 0.355 e. The normalized spacial score (nSPS) is 10.7. The minimum absolute atomic E-state index is 0.111. The van der Waals surface area contributed by atoms with Crippen LogP contribution in [0.1, 0.15) is 16.3 Å². The van der Waals surface area contributed by atoms with Crippen LogP contribution >= 0.6 is 0 Å². The Balaban J connectivity index is 1.59. The Morgan fingerprint density at radius 1 is 1.30 bits per heavy atom. The average Bonchev–Trinajstić information content (AvgIpc) is 3.17. The van der Waals surface area contributed by atoms with Crippen molar-refractivity contribution in [1.82, 2.24) is 25.7 Å². The molecular weight excluding hydrogens is 305 g/mol. The van der Waals surface area contributed by atoms with Crippen molar-refractivity contribution in [2.45, 2.75) is 6.42 Å². The van der Waals surface area contributed by atoms with Gasteiger partial charge in [0, 0.05) is 24.6 Å². The lowest BCUT2D eigenvalue weighted by molar-refractivity contribution is 0.0945.